The van der Waals surface area contributed by atoms with Crippen LogP contribution in [0.5, 0.6) is 0 Å². The molecule has 3 rings (SSSR count). The molecule has 0 N–H and O–H groups in total. The van der Waals surface area contributed by atoms with E-state index in [0.717, 1.165) is 5.56 Å². The van der Waals surface area contributed by atoms with Gasteiger partial charge in [0.05, 0.1) is 6.61 Å². The van der Waals surface area contributed by atoms with Gasteiger partial charge in [-0.3, -0.25) is 4.79 Å². The Kier molecular flexibility index (Phi) is 6.27. The molecule has 0 amide bonds. The molecule has 0 bridgehead atoms. The van der Waals surface area contributed by atoms with Gasteiger partial charge in [-0.05, 0) is 21.0 Å². The lowest BCUT2D eigenvalue weighted by Gasteiger charge is -2.42. The highest BCUT2D eigenvalue weighted by molar-refractivity contribution is 6.99. The van der Waals surface area contributed by atoms with Gasteiger partial charge in [-0.1, -0.05) is 112 Å². The fourth-order valence-electron chi connectivity index (χ4n) is 3.82. The van der Waals surface area contributed by atoms with Gasteiger partial charge in [0.15, 0.2) is 5.78 Å². The third kappa shape index (κ3) is 4.32. The van der Waals surface area contributed by atoms with Crippen LogP contribution in [0.25, 0.3) is 0 Å². The first kappa shape index (κ1) is 20.2. The number of ketones is 1. The zero-order valence-electron chi connectivity index (χ0n) is 16.9. The Morgan fingerprint density at radius 1 is 0.750 bits per heavy atom. The lowest BCUT2D eigenvalue weighted by Crippen LogP contribution is -2.67. The van der Waals surface area contributed by atoms with E-state index in [4.69, 9.17) is 4.43 Å². The van der Waals surface area contributed by atoms with Crippen LogP contribution in [-0.4, -0.2) is 20.7 Å². The largest absolute Gasteiger partial charge is 0.400 e. The van der Waals surface area contributed by atoms with E-state index in [9.17, 15) is 4.79 Å². The fraction of sp³-hybridized carbons (Fsp3) is 0.240. The van der Waals surface area contributed by atoms with E-state index in [1.165, 1.54) is 10.4 Å². The van der Waals surface area contributed by atoms with Gasteiger partial charge in [-0.25, -0.2) is 0 Å². The number of carbonyl (C=O) groups excluding carboxylic acids is 1. The van der Waals surface area contributed by atoms with Crippen molar-refractivity contribution in [3.8, 4) is 0 Å². The average Bonchev–Trinajstić information content (AvgIpc) is 2.70. The van der Waals surface area contributed by atoms with Crippen LogP contribution in [0.15, 0.2) is 91.0 Å². The van der Waals surface area contributed by atoms with Gasteiger partial charge in [0.2, 0.25) is 0 Å². The number of benzene rings is 3. The topological polar surface area (TPSA) is 26.3 Å². The molecule has 0 saturated carbocycles. The van der Waals surface area contributed by atoms with Crippen LogP contribution >= 0.6 is 0 Å². The first-order valence-corrected chi connectivity index (χ1v) is 11.6. The van der Waals surface area contributed by atoms with Crippen LogP contribution in [0.1, 0.15) is 26.3 Å². The molecule has 0 saturated heterocycles. The molecule has 144 valence electrons. The van der Waals surface area contributed by atoms with E-state index < -0.39 is 8.32 Å². The van der Waals surface area contributed by atoms with Gasteiger partial charge < -0.3 is 4.43 Å². The van der Waals surface area contributed by atoms with E-state index in [0.29, 0.717) is 6.42 Å². The van der Waals surface area contributed by atoms with Crippen molar-refractivity contribution < 1.29 is 9.22 Å². The van der Waals surface area contributed by atoms with Crippen molar-refractivity contribution in [2.45, 2.75) is 32.2 Å². The third-order valence-corrected chi connectivity index (χ3v) is 10.1. The third-order valence-electron chi connectivity index (χ3n) is 5.11. The minimum absolute atomic E-state index is 0.110. The van der Waals surface area contributed by atoms with Crippen molar-refractivity contribution in [1.82, 2.24) is 0 Å². The highest BCUT2D eigenvalue weighted by Gasteiger charge is 2.50. The van der Waals surface area contributed by atoms with Crippen LogP contribution in [0.2, 0.25) is 5.04 Å². The summed E-state index contributed by atoms with van der Waals surface area (Å²) in [5.74, 6) is 0.110. The minimum atomic E-state index is -2.65. The van der Waals surface area contributed by atoms with Crippen molar-refractivity contribution in [3.05, 3.63) is 96.6 Å². The van der Waals surface area contributed by atoms with E-state index in [-0.39, 0.29) is 17.4 Å². The van der Waals surface area contributed by atoms with E-state index in [1.54, 1.807) is 0 Å². The molecule has 0 fully saturated rings. The lowest BCUT2D eigenvalue weighted by atomic mass is 10.1. The van der Waals surface area contributed by atoms with E-state index in [1.807, 2.05) is 42.5 Å². The molecule has 3 aromatic carbocycles. The van der Waals surface area contributed by atoms with Crippen LogP contribution in [0.4, 0.5) is 0 Å². The van der Waals surface area contributed by atoms with Crippen molar-refractivity contribution >= 4 is 24.5 Å². The highest BCUT2D eigenvalue weighted by Crippen LogP contribution is 2.36. The number of hydrogen-bond acceptors (Lipinski definition) is 2. The van der Waals surface area contributed by atoms with Crippen molar-refractivity contribution in [1.29, 1.82) is 0 Å². The summed E-state index contributed by atoms with van der Waals surface area (Å²) in [5.41, 5.74) is 1.03. The molecule has 0 unspecified atom stereocenters. The van der Waals surface area contributed by atoms with Crippen LogP contribution in [-0.2, 0) is 15.6 Å². The maximum Gasteiger partial charge on any atom is 0.261 e. The maximum absolute atomic E-state index is 12.7. The van der Waals surface area contributed by atoms with E-state index in [2.05, 4.69) is 69.3 Å². The van der Waals surface area contributed by atoms with Gasteiger partial charge in [0.25, 0.3) is 8.32 Å². The fourth-order valence-corrected chi connectivity index (χ4v) is 8.36. The number of Topliss-reactive ketones (excluding diaryl/α,β-unsaturated/α-hetero) is 1. The molecule has 0 atom stereocenters. The molecule has 3 heteroatoms. The molecule has 0 spiro atoms. The van der Waals surface area contributed by atoms with Crippen molar-refractivity contribution in [3.63, 3.8) is 0 Å². The lowest BCUT2D eigenvalue weighted by molar-refractivity contribution is -0.120. The highest BCUT2D eigenvalue weighted by atomic mass is 28.4. The zero-order chi connectivity index (χ0) is 20.0. The van der Waals surface area contributed by atoms with Gasteiger partial charge in [0, 0.05) is 6.42 Å². The van der Waals surface area contributed by atoms with Gasteiger partial charge >= 0.3 is 0 Å². The maximum atomic E-state index is 12.7. The minimum Gasteiger partial charge on any atom is -0.400 e. The summed E-state index contributed by atoms with van der Waals surface area (Å²) in [6.07, 6.45) is 0.402. The van der Waals surface area contributed by atoms with Crippen molar-refractivity contribution in [2.24, 2.45) is 0 Å². The zero-order valence-corrected chi connectivity index (χ0v) is 17.9. The summed E-state index contributed by atoms with van der Waals surface area (Å²) in [7, 11) is -2.65. The molecule has 0 heterocycles. The average molecular weight is 389 g/mol. The number of carbonyl (C=O) groups is 1. The predicted octanol–water partition coefficient (Wildman–Crippen LogP) is 4.37. The molecule has 0 aliphatic heterocycles. The van der Waals surface area contributed by atoms with Gasteiger partial charge in [-0.2, -0.15) is 0 Å². The Labute approximate surface area is 169 Å². The molecular weight excluding hydrogens is 360 g/mol. The van der Waals surface area contributed by atoms with Gasteiger partial charge in [-0.15, -0.1) is 0 Å². The Bertz CT molecular complexity index is 845. The molecule has 3 aromatic rings. The first-order valence-electron chi connectivity index (χ1n) is 9.74. The predicted molar refractivity (Wildman–Crippen MR) is 119 cm³/mol. The second-order valence-corrected chi connectivity index (χ2v) is 12.5. The Balaban J connectivity index is 1.95. The van der Waals surface area contributed by atoms with Crippen LogP contribution < -0.4 is 10.4 Å². The summed E-state index contributed by atoms with van der Waals surface area (Å²) >= 11 is 0. The number of hydrogen-bond donors (Lipinski definition) is 0. The van der Waals surface area contributed by atoms with E-state index >= 15 is 0 Å². The second-order valence-electron chi connectivity index (χ2n) is 8.15. The Hall–Kier alpha value is -2.49. The van der Waals surface area contributed by atoms with Crippen LogP contribution in [0, 0.1) is 0 Å². The Morgan fingerprint density at radius 3 is 1.61 bits per heavy atom. The summed E-state index contributed by atoms with van der Waals surface area (Å²) in [6.45, 7) is 6.80. The Morgan fingerprint density at radius 2 is 1.18 bits per heavy atom. The molecule has 2 nitrogen and oxygen atoms in total. The molecular formula is C25H28O2Si. The smallest absolute Gasteiger partial charge is 0.261 e. The SMILES string of the molecule is CC(C)(C)[Si](OCC(=O)Cc1ccccc1)(c1ccccc1)c1ccccc1. The summed E-state index contributed by atoms with van der Waals surface area (Å²) < 4.78 is 6.69. The summed E-state index contributed by atoms with van der Waals surface area (Å²) in [6, 6.07) is 30.7. The summed E-state index contributed by atoms with van der Waals surface area (Å²) in [5, 5.41) is 2.27. The second kappa shape index (κ2) is 8.68. The molecule has 0 aliphatic carbocycles. The standard InChI is InChI=1S/C25H28O2Si/c1-25(2,3)28(23-15-9-5-10-16-23,24-17-11-6-12-18-24)27-20-22(26)19-21-13-7-4-8-14-21/h4-18H,19-20H2,1-3H3. The monoisotopic (exact) mass is 388 g/mol. The quantitative estimate of drug-likeness (QED) is 0.562. The molecule has 0 radical (unpaired) electrons. The van der Waals surface area contributed by atoms with Gasteiger partial charge in [0.1, 0.15) is 0 Å². The number of rotatable bonds is 7. The normalized spacial score (nSPS) is 12.0. The molecule has 0 aromatic heterocycles. The van der Waals surface area contributed by atoms with Crippen molar-refractivity contribution in [2.75, 3.05) is 6.61 Å². The summed E-state index contributed by atoms with van der Waals surface area (Å²) in [4.78, 5) is 12.7. The molecule has 0 aliphatic rings. The first-order chi connectivity index (χ1) is 13.4. The molecule has 28 heavy (non-hydrogen) atoms. The van der Waals surface area contributed by atoms with Crippen LogP contribution in [0.3, 0.4) is 0 Å².